The summed E-state index contributed by atoms with van der Waals surface area (Å²) in [4.78, 5) is 29.2. The first-order chi connectivity index (χ1) is 15.9. The Hall–Kier alpha value is -1.61. The van der Waals surface area contributed by atoms with Gasteiger partial charge in [-0.15, -0.1) is 0 Å². The molecule has 1 aliphatic carbocycles. The van der Waals surface area contributed by atoms with Crippen molar-refractivity contribution < 1.29 is 14.3 Å². The van der Waals surface area contributed by atoms with Gasteiger partial charge in [0.15, 0.2) is 16.3 Å². The van der Waals surface area contributed by atoms with Gasteiger partial charge in [-0.3, -0.25) is 4.79 Å². The minimum absolute atomic E-state index is 0. The van der Waals surface area contributed by atoms with Crippen LogP contribution in [0.4, 0.5) is 0 Å². The van der Waals surface area contributed by atoms with E-state index in [0.717, 1.165) is 60.6 Å². The summed E-state index contributed by atoms with van der Waals surface area (Å²) in [5.74, 6) is 0.0688. The summed E-state index contributed by atoms with van der Waals surface area (Å²) in [5, 5.41) is 0.395. The van der Waals surface area contributed by atoms with Crippen molar-refractivity contribution in [3.63, 3.8) is 0 Å². The van der Waals surface area contributed by atoms with Crippen molar-refractivity contribution in [3.8, 4) is 5.75 Å². The van der Waals surface area contributed by atoms with Gasteiger partial charge in [-0.2, -0.15) is 0 Å². The van der Waals surface area contributed by atoms with Gasteiger partial charge in [0.05, 0.1) is 13.2 Å². The van der Waals surface area contributed by atoms with Gasteiger partial charge in [-0.25, -0.2) is 9.78 Å². The molecule has 6 nitrogen and oxygen atoms in total. The highest BCUT2D eigenvalue weighted by molar-refractivity contribution is 14.1. The largest absolute Gasteiger partial charge is 0.490 e. The number of carbonyl (C=O) groups is 1. The second kappa shape index (κ2) is 13.5. The van der Waals surface area contributed by atoms with Crippen LogP contribution in [-0.4, -0.2) is 28.7 Å². The maximum atomic E-state index is 12.3. The summed E-state index contributed by atoms with van der Waals surface area (Å²) in [6.07, 6.45) is 12.6. The van der Waals surface area contributed by atoms with Gasteiger partial charge in [0.2, 0.25) is 0 Å². The molecule has 0 N–H and O–H groups in total. The number of unbranched alkanes of at least 4 members (excludes halogenated alkanes) is 1. The van der Waals surface area contributed by atoms with E-state index in [0.29, 0.717) is 17.5 Å². The smallest absolute Gasteiger partial charge is 0.343 e. The number of rotatable bonds is 10. The molecule has 0 atom stereocenters. The van der Waals surface area contributed by atoms with Crippen molar-refractivity contribution in [2.75, 3.05) is 13.2 Å². The van der Waals surface area contributed by atoms with E-state index >= 15 is 0 Å². The Balaban J connectivity index is 0.00000408. The Morgan fingerprint density at radius 2 is 2.00 bits per heavy atom. The molecule has 2 aromatic heterocycles. The van der Waals surface area contributed by atoms with Crippen LogP contribution in [0.2, 0.25) is 5.15 Å². The number of aryl methyl sites for hydroxylation is 1. The summed E-state index contributed by atoms with van der Waals surface area (Å²) in [6.45, 7) is 4.72. The number of pyridine rings is 2. The van der Waals surface area contributed by atoms with E-state index in [9.17, 15) is 9.59 Å². The van der Waals surface area contributed by atoms with Crippen molar-refractivity contribution in [1.82, 2.24) is 9.55 Å². The van der Waals surface area contributed by atoms with Crippen molar-refractivity contribution in [1.29, 1.82) is 0 Å². The Morgan fingerprint density at radius 1 is 1.26 bits per heavy atom. The number of esters is 1. The monoisotopic (exact) mass is 602 g/mol. The van der Waals surface area contributed by atoms with Crippen LogP contribution in [-0.2, 0) is 16.7 Å². The summed E-state index contributed by atoms with van der Waals surface area (Å²) >= 11 is 8.55. The van der Waals surface area contributed by atoms with Gasteiger partial charge in [-0.1, -0.05) is 51.6 Å². The molecule has 2 aromatic rings. The molecule has 8 heteroatoms. The van der Waals surface area contributed by atoms with E-state index in [1.165, 1.54) is 12.5 Å². The SMILES string of the molecule is C.CCCCOc1cc(CCC2(n3ccc(=O)c(C(=O)OCC)c3)CCCCC2)c(I)nc1Cl. The molecule has 2 heterocycles. The Bertz CT molecular complexity index is 1020. The average molecular weight is 603 g/mol. The predicted molar refractivity (Wildman–Crippen MR) is 145 cm³/mol. The van der Waals surface area contributed by atoms with Gasteiger partial charge >= 0.3 is 5.97 Å². The fourth-order valence-electron chi connectivity index (χ4n) is 4.45. The number of nitrogens with zero attached hydrogens (tertiary/aromatic N) is 2. The number of halogens is 2. The van der Waals surface area contributed by atoms with Gasteiger partial charge in [0, 0.05) is 24.0 Å². The lowest BCUT2D eigenvalue weighted by Gasteiger charge is -2.40. The molecule has 188 valence electrons. The second-order valence-corrected chi connectivity index (χ2v) is 9.94. The first-order valence-electron chi connectivity index (χ1n) is 11.8. The lowest BCUT2D eigenvalue weighted by molar-refractivity contribution is 0.0522. The van der Waals surface area contributed by atoms with E-state index in [4.69, 9.17) is 21.1 Å². The van der Waals surface area contributed by atoms with Crippen molar-refractivity contribution >= 4 is 40.2 Å². The summed E-state index contributed by atoms with van der Waals surface area (Å²) < 4.78 is 13.9. The third-order valence-electron chi connectivity index (χ3n) is 6.33. The van der Waals surface area contributed by atoms with E-state index < -0.39 is 5.97 Å². The molecule has 34 heavy (non-hydrogen) atoms. The van der Waals surface area contributed by atoms with Crippen LogP contribution in [0.1, 0.15) is 88.6 Å². The molecule has 0 bridgehead atoms. The van der Waals surface area contributed by atoms with Crippen LogP contribution < -0.4 is 10.2 Å². The Morgan fingerprint density at radius 3 is 2.68 bits per heavy atom. The van der Waals surface area contributed by atoms with E-state index in [1.807, 2.05) is 12.3 Å². The highest BCUT2D eigenvalue weighted by atomic mass is 127. The number of hydrogen-bond donors (Lipinski definition) is 0. The third-order valence-corrected chi connectivity index (χ3v) is 7.54. The minimum Gasteiger partial charge on any atom is -0.490 e. The minimum atomic E-state index is -0.562. The van der Waals surface area contributed by atoms with E-state index in [1.54, 1.807) is 13.1 Å². The van der Waals surface area contributed by atoms with Crippen LogP contribution in [0.25, 0.3) is 0 Å². The quantitative estimate of drug-likeness (QED) is 0.130. The molecule has 0 radical (unpaired) electrons. The molecule has 0 unspecified atom stereocenters. The Labute approximate surface area is 221 Å². The predicted octanol–water partition coefficient (Wildman–Crippen LogP) is 6.79. The molecular formula is C26H36ClIN2O4. The molecule has 0 aromatic carbocycles. The van der Waals surface area contributed by atoms with Crippen LogP contribution >= 0.6 is 34.2 Å². The standard InChI is InChI=1S/C25H32ClIN2O4.CH4/c1-3-5-15-33-21-16-18(23(27)28-22(21)26)9-13-25(11-7-6-8-12-25)29-14-10-20(30)19(17-29)24(31)32-4-2;/h10,14,16-17H,3-9,11-13,15H2,1-2H3;1H4. The Kier molecular flexibility index (Phi) is 11.3. The third kappa shape index (κ3) is 6.97. The molecule has 1 fully saturated rings. The van der Waals surface area contributed by atoms with Crippen molar-refractivity contribution in [2.24, 2.45) is 0 Å². The molecule has 0 saturated heterocycles. The summed E-state index contributed by atoms with van der Waals surface area (Å²) in [5.41, 5.74) is 0.724. The fourth-order valence-corrected chi connectivity index (χ4v) is 5.45. The molecule has 0 aliphatic heterocycles. The second-order valence-electron chi connectivity index (χ2n) is 8.56. The zero-order valence-corrected chi connectivity index (χ0v) is 22.3. The van der Waals surface area contributed by atoms with Crippen molar-refractivity contribution in [3.05, 3.63) is 54.7 Å². The lowest BCUT2D eigenvalue weighted by atomic mass is 9.77. The number of ether oxygens (including phenoxy) is 2. The summed E-state index contributed by atoms with van der Waals surface area (Å²) in [7, 11) is 0. The van der Waals surface area contributed by atoms with E-state index in [2.05, 4.69) is 39.1 Å². The highest BCUT2D eigenvalue weighted by Crippen LogP contribution is 2.39. The molecule has 0 amide bonds. The van der Waals surface area contributed by atoms with Crippen LogP contribution in [0.3, 0.4) is 0 Å². The average Bonchev–Trinajstić information content (AvgIpc) is 2.81. The maximum Gasteiger partial charge on any atom is 0.343 e. The zero-order chi connectivity index (χ0) is 23.8. The van der Waals surface area contributed by atoms with Crippen LogP contribution in [0, 0.1) is 3.70 Å². The van der Waals surface area contributed by atoms with Gasteiger partial charge in [0.1, 0.15) is 9.26 Å². The van der Waals surface area contributed by atoms with Crippen LogP contribution in [0.5, 0.6) is 5.75 Å². The number of carbonyl (C=O) groups excluding carboxylic acids is 1. The molecule has 1 saturated carbocycles. The topological polar surface area (TPSA) is 70.4 Å². The molecular weight excluding hydrogens is 567 g/mol. The first kappa shape index (κ1) is 28.6. The fraction of sp³-hybridized carbons (Fsp3) is 0.577. The lowest BCUT2D eigenvalue weighted by Crippen LogP contribution is -2.37. The normalized spacial score (nSPS) is 14.8. The number of hydrogen-bond acceptors (Lipinski definition) is 5. The zero-order valence-electron chi connectivity index (χ0n) is 19.4. The maximum absolute atomic E-state index is 12.3. The summed E-state index contributed by atoms with van der Waals surface area (Å²) in [6, 6.07) is 3.49. The molecule has 3 rings (SSSR count). The number of aromatic nitrogens is 2. The molecule has 0 spiro atoms. The molecule has 1 aliphatic rings. The van der Waals surface area contributed by atoms with Gasteiger partial charge < -0.3 is 14.0 Å². The van der Waals surface area contributed by atoms with Gasteiger partial charge in [0.25, 0.3) is 0 Å². The van der Waals surface area contributed by atoms with Gasteiger partial charge in [-0.05, 0) is 73.2 Å². The van der Waals surface area contributed by atoms with Crippen molar-refractivity contribution in [2.45, 2.75) is 84.6 Å². The van der Waals surface area contributed by atoms with Crippen LogP contribution in [0.15, 0.2) is 29.3 Å². The van der Waals surface area contributed by atoms with E-state index in [-0.39, 0.29) is 30.6 Å². The highest BCUT2D eigenvalue weighted by Gasteiger charge is 2.34. The first-order valence-corrected chi connectivity index (χ1v) is 13.2.